The van der Waals surface area contributed by atoms with Crippen LogP contribution in [0.1, 0.15) is 36.8 Å². The fourth-order valence-electron chi connectivity index (χ4n) is 3.26. The van der Waals surface area contributed by atoms with Crippen molar-refractivity contribution in [2.24, 2.45) is 5.73 Å². The second-order valence-corrected chi connectivity index (χ2v) is 7.71. The van der Waals surface area contributed by atoms with Gasteiger partial charge in [-0.05, 0) is 56.0 Å². The van der Waals surface area contributed by atoms with E-state index in [1.165, 1.54) is 12.1 Å². The summed E-state index contributed by atoms with van der Waals surface area (Å²) in [6.45, 7) is 2.01. The summed E-state index contributed by atoms with van der Waals surface area (Å²) in [6.07, 6.45) is -1.98. The zero-order chi connectivity index (χ0) is 24.1. The number of nitrogens with two attached hydrogens (primary N) is 1. The van der Waals surface area contributed by atoms with Crippen LogP contribution in [0.2, 0.25) is 0 Å². The lowest BCUT2D eigenvalue weighted by atomic mass is 10.0. The van der Waals surface area contributed by atoms with Gasteiger partial charge in [-0.25, -0.2) is 0 Å². The summed E-state index contributed by atoms with van der Waals surface area (Å²) in [6, 6.07) is 13.0. The molecule has 2 aromatic carbocycles. The van der Waals surface area contributed by atoms with Gasteiger partial charge >= 0.3 is 6.18 Å². The number of unbranched alkanes of at least 4 members (excludes halogenated alkanes) is 1. The van der Waals surface area contributed by atoms with E-state index in [-0.39, 0.29) is 18.0 Å². The van der Waals surface area contributed by atoms with Crippen molar-refractivity contribution < 1.29 is 22.8 Å². The molecule has 0 saturated carbocycles. The highest BCUT2D eigenvalue weighted by atomic mass is 19.4. The number of benzene rings is 2. The molecule has 0 aromatic heterocycles. The molecule has 2 rings (SSSR count). The topological polar surface area (TPSA) is 96.2 Å². The molecule has 0 unspecified atom stereocenters. The van der Waals surface area contributed by atoms with Crippen molar-refractivity contribution in [2.75, 3.05) is 25.0 Å². The molecular weight excluding hydrogens is 433 g/mol. The van der Waals surface area contributed by atoms with E-state index < -0.39 is 23.7 Å². The van der Waals surface area contributed by atoms with Crippen LogP contribution in [0.5, 0.6) is 0 Å². The number of rotatable bonds is 13. The maximum Gasteiger partial charge on any atom is 0.416 e. The minimum Gasteiger partial charge on any atom is -0.344 e. The second kappa shape index (κ2) is 13.6. The first-order chi connectivity index (χ1) is 15.8. The Bertz CT molecular complexity index is 876. The monoisotopic (exact) mass is 464 g/mol. The summed E-state index contributed by atoms with van der Waals surface area (Å²) >= 11 is 0. The Morgan fingerprint density at radius 3 is 2.42 bits per heavy atom. The molecule has 2 aromatic rings. The summed E-state index contributed by atoms with van der Waals surface area (Å²) in [5.74, 6) is -0.825. The Kier molecular flexibility index (Phi) is 10.9. The number of hydrogen-bond donors (Lipinski definition) is 4. The van der Waals surface area contributed by atoms with Crippen LogP contribution in [0.15, 0.2) is 54.6 Å². The van der Waals surface area contributed by atoms with Crippen LogP contribution in [-0.4, -0.2) is 37.5 Å². The van der Waals surface area contributed by atoms with E-state index in [1.54, 1.807) is 0 Å². The van der Waals surface area contributed by atoms with Crippen molar-refractivity contribution in [1.82, 2.24) is 10.6 Å². The molecule has 0 radical (unpaired) electrons. The number of halogens is 3. The van der Waals surface area contributed by atoms with Gasteiger partial charge in [0.1, 0.15) is 6.04 Å². The van der Waals surface area contributed by atoms with Crippen molar-refractivity contribution in [2.45, 2.75) is 44.3 Å². The number of carbonyl (C=O) groups excluding carboxylic acids is 2. The van der Waals surface area contributed by atoms with E-state index in [4.69, 9.17) is 5.73 Å². The van der Waals surface area contributed by atoms with Gasteiger partial charge in [0.2, 0.25) is 11.8 Å². The lowest BCUT2D eigenvalue weighted by molar-refractivity contribution is -0.137. The summed E-state index contributed by atoms with van der Waals surface area (Å²) in [4.78, 5) is 25.3. The number of alkyl halides is 3. The third-order valence-corrected chi connectivity index (χ3v) is 5.00. The molecule has 5 N–H and O–H groups in total. The van der Waals surface area contributed by atoms with Crippen LogP contribution in [0.4, 0.5) is 18.9 Å². The fraction of sp³-hybridized carbons (Fsp3) is 0.417. The molecule has 180 valence electrons. The highest BCUT2D eigenvalue weighted by molar-refractivity contribution is 5.97. The predicted octanol–water partition coefficient (Wildman–Crippen LogP) is 3.48. The van der Waals surface area contributed by atoms with Crippen molar-refractivity contribution in [3.05, 3.63) is 65.7 Å². The Hall–Kier alpha value is -2.91. The smallest absolute Gasteiger partial charge is 0.344 e. The zero-order valence-corrected chi connectivity index (χ0v) is 18.5. The maximum atomic E-state index is 13.0. The van der Waals surface area contributed by atoms with E-state index in [1.807, 2.05) is 30.3 Å². The summed E-state index contributed by atoms with van der Waals surface area (Å²) < 4.78 is 38.9. The Morgan fingerprint density at radius 2 is 1.73 bits per heavy atom. The van der Waals surface area contributed by atoms with Crippen LogP contribution < -0.4 is 21.7 Å². The molecule has 33 heavy (non-hydrogen) atoms. The Labute approximate surface area is 192 Å². The van der Waals surface area contributed by atoms with Gasteiger partial charge in [0.25, 0.3) is 0 Å². The first-order valence-electron chi connectivity index (χ1n) is 11.0. The van der Waals surface area contributed by atoms with Crippen LogP contribution in [0.25, 0.3) is 0 Å². The lowest BCUT2D eigenvalue weighted by Crippen LogP contribution is -2.44. The average molecular weight is 465 g/mol. The molecule has 0 fully saturated rings. The number of nitrogens with one attached hydrogen (secondary N) is 3. The van der Waals surface area contributed by atoms with Crippen molar-refractivity contribution in [3.8, 4) is 0 Å². The maximum absolute atomic E-state index is 13.0. The van der Waals surface area contributed by atoms with E-state index in [2.05, 4.69) is 16.0 Å². The first kappa shape index (κ1) is 26.3. The first-order valence-corrected chi connectivity index (χ1v) is 11.0. The van der Waals surface area contributed by atoms with Gasteiger partial charge in [0, 0.05) is 25.2 Å². The van der Waals surface area contributed by atoms with Crippen LogP contribution >= 0.6 is 0 Å². The molecule has 0 aliphatic rings. The van der Waals surface area contributed by atoms with Gasteiger partial charge in [-0.2, -0.15) is 13.2 Å². The van der Waals surface area contributed by atoms with Crippen LogP contribution in [0.3, 0.4) is 0 Å². The number of amides is 2. The molecule has 0 heterocycles. The van der Waals surface area contributed by atoms with Crippen LogP contribution in [-0.2, 0) is 22.2 Å². The number of hydrogen-bond acceptors (Lipinski definition) is 4. The molecular formula is C24H31F3N4O2. The third-order valence-electron chi connectivity index (χ3n) is 5.00. The van der Waals surface area contributed by atoms with Crippen molar-refractivity contribution in [3.63, 3.8) is 0 Å². The third kappa shape index (κ3) is 10.0. The average Bonchev–Trinajstić information content (AvgIpc) is 2.79. The second-order valence-electron chi connectivity index (χ2n) is 7.71. The minimum absolute atomic E-state index is 0.0276. The van der Waals surface area contributed by atoms with Gasteiger partial charge in [-0.15, -0.1) is 0 Å². The number of aryl methyl sites for hydroxylation is 1. The highest BCUT2D eigenvalue weighted by Crippen LogP contribution is 2.30. The van der Waals surface area contributed by atoms with E-state index in [0.29, 0.717) is 32.4 Å². The van der Waals surface area contributed by atoms with Crippen molar-refractivity contribution in [1.29, 1.82) is 0 Å². The summed E-state index contributed by atoms with van der Waals surface area (Å²) in [7, 11) is 0. The summed E-state index contributed by atoms with van der Waals surface area (Å²) in [5.41, 5.74) is 5.58. The number of anilines is 1. The minimum atomic E-state index is -4.51. The normalized spacial score (nSPS) is 12.2. The van der Waals surface area contributed by atoms with Crippen LogP contribution in [0, 0.1) is 0 Å². The van der Waals surface area contributed by atoms with Gasteiger partial charge in [0.15, 0.2) is 0 Å². The van der Waals surface area contributed by atoms with Crippen molar-refractivity contribution >= 4 is 17.5 Å². The van der Waals surface area contributed by atoms with E-state index >= 15 is 0 Å². The zero-order valence-electron chi connectivity index (χ0n) is 18.5. The fourth-order valence-corrected chi connectivity index (χ4v) is 3.26. The largest absolute Gasteiger partial charge is 0.416 e. The predicted molar refractivity (Wildman–Crippen MR) is 123 cm³/mol. The highest BCUT2D eigenvalue weighted by Gasteiger charge is 2.30. The van der Waals surface area contributed by atoms with E-state index in [0.717, 1.165) is 30.7 Å². The summed E-state index contributed by atoms with van der Waals surface area (Å²) in [5, 5.41) is 8.40. The van der Waals surface area contributed by atoms with Gasteiger partial charge in [-0.3, -0.25) is 9.59 Å². The molecule has 9 heteroatoms. The number of carbonyl (C=O) groups is 2. The molecule has 1 atom stereocenters. The van der Waals surface area contributed by atoms with Gasteiger partial charge in [-0.1, -0.05) is 36.4 Å². The lowest BCUT2D eigenvalue weighted by Gasteiger charge is -2.19. The molecule has 2 amide bonds. The SMILES string of the molecule is NCCNCCCCC(=O)N[C@H](CCc1ccccc1)C(=O)Nc1cccc(C(F)(F)F)c1. The molecule has 0 aliphatic heterocycles. The van der Waals surface area contributed by atoms with Gasteiger partial charge in [0.05, 0.1) is 5.56 Å². The van der Waals surface area contributed by atoms with Gasteiger partial charge < -0.3 is 21.7 Å². The molecule has 0 aliphatic carbocycles. The quantitative estimate of drug-likeness (QED) is 0.341. The molecule has 0 spiro atoms. The molecule has 0 saturated heterocycles. The van der Waals surface area contributed by atoms with E-state index in [9.17, 15) is 22.8 Å². The Morgan fingerprint density at radius 1 is 0.970 bits per heavy atom. The molecule has 0 bridgehead atoms. The molecule has 6 nitrogen and oxygen atoms in total. The Balaban J connectivity index is 1.99. The standard InChI is InChI=1S/C24H31F3N4O2/c25-24(26,27)19-9-6-10-20(17-19)30-23(33)21(13-12-18-7-2-1-3-8-18)31-22(32)11-4-5-15-29-16-14-28/h1-3,6-10,17,21,29H,4-5,11-16,28H2,(H,30,33)(H,31,32)/t21-/m1/s1.